The second-order valence-electron chi connectivity index (χ2n) is 4.02. The fourth-order valence-electron chi connectivity index (χ4n) is 2.09. The van der Waals surface area contributed by atoms with E-state index in [1.165, 1.54) is 11.3 Å². The first kappa shape index (κ1) is 10.5. The Labute approximate surface area is 103 Å². The smallest absolute Gasteiger partial charge is 0.263 e. The Bertz CT molecular complexity index is 494. The zero-order valence-electron chi connectivity index (χ0n) is 9.19. The predicted molar refractivity (Wildman–Crippen MR) is 63.9 cm³/mol. The standard InChI is InChI=1S/C11H12N4OS/c16-11(10-2-1-7-17-10)14-6-3-9(8-14)15-12-4-5-13-15/h1-2,4-5,7,9H,3,6,8H2. The molecule has 88 valence electrons. The zero-order valence-corrected chi connectivity index (χ0v) is 10.0. The molecule has 1 unspecified atom stereocenters. The summed E-state index contributed by atoms with van der Waals surface area (Å²) in [7, 11) is 0. The maximum atomic E-state index is 12.1. The molecule has 5 nitrogen and oxygen atoms in total. The van der Waals surface area contributed by atoms with E-state index in [0.29, 0.717) is 6.54 Å². The summed E-state index contributed by atoms with van der Waals surface area (Å²) in [6, 6.07) is 3.99. The summed E-state index contributed by atoms with van der Waals surface area (Å²) in [5.41, 5.74) is 0. The molecule has 0 bridgehead atoms. The van der Waals surface area contributed by atoms with Crippen molar-refractivity contribution in [1.29, 1.82) is 0 Å². The Morgan fingerprint density at radius 1 is 1.41 bits per heavy atom. The molecular formula is C11H12N4OS. The van der Waals surface area contributed by atoms with E-state index in [2.05, 4.69) is 10.2 Å². The quantitative estimate of drug-likeness (QED) is 0.807. The minimum Gasteiger partial charge on any atom is -0.336 e. The van der Waals surface area contributed by atoms with Crippen LogP contribution in [-0.4, -0.2) is 38.9 Å². The number of amides is 1. The third-order valence-electron chi connectivity index (χ3n) is 2.95. The Kier molecular flexibility index (Phi) is 2.64. The van der Waals surface area contributed by atoms with E-state index in [0.717, 1.165) is 17.8 Å². The highest BCUT2D eigenvalue weighted by Gasteiger charge is 2.29. The first-order valence-electron chi connectivity index (χ1n) is 5.53. The lowest BCUT2D eigenvalue weighted by Crippen LogP contribution is -2.28. The van der Waals surface area contributed by atoms with Crippen LogP contribution < -0.4 is 0 Å². The van der Waals surface area contributed by atoms with E-state index in [1.54, 1.807) is 17.2 Å². The van der Waals surface area contributed by atoms with Gasteiger partial charge in [0.1, 0.15) is 0 Å². The van der Waals surface area contributed by atoms with Crippen LogP contribution in [0.25, 0.3) is 0 Å². The maximum absolute atomic E-state index is 12.1. The number of likely N-dealkylation sites (tertiary alicyclic amines) is 1. The van der Waals surface area contributed by atoms with Crippen LogP contribution in [0.15, 0.2) is 29.9 Å². The second kappa shape index (κ2) is 4.29. The number of thiophene rings is 1. The molecule has 1 atom stereocenters. The molecule has 3 rings (SSSR count). The Morgan fingerprint density at radius 3 is 2.94 bits per heavy atom. The van der Waals surface area contributed by atoms with Crippen LogP contribution in [0, 0.1) is 0 Å². The lowest BCUT2D eigenvalue weighted by molar-refractivity contribution is 0.0791. The van der Waals surface area contributed by atoms with Gasteiger partial charge in [0.15, 0.2) is 0 Å². The minimum atomic E-state index is 0.120. The highest BCUT2D eigenvalue weighted by molar-refractivity contribution is 7.12. The molecule has 1 aliphatic heterocycles. The van der Waals surface area contributed by atoms with E-state index >= 15 is 0 Å². The van der Waals surface area contributed by atoms with Crippen LogP contribution in [0.4, 0.5) is 0 Å². The summed E-state index contributed by atoms with van der Waals surface area (Å²) in [6.45, 7) is 1.48. The van der Waals surface area contributed by atoms with Gasteiger partial charge in [-0.25, -0.2) is 0 Å². The number of rotatable bonds is 2. The van der Waals surface area contributed by atoms with Crippen molar-refractivity contribution < 1.29 is 4.79 Å². The first-order chi connectivity index (χ1) is 8.34. The van der Waals surface area contributed by atoms with E-state index in [-0.39, 0.29) is 11.9 Å². The lowest BCUT2D eigenvalue weighted by Gasteiger charge is -2.15. The molecule has 1 saturated heterocycles. The third kappa shape index (κ3) is 1.95. The summed E-state index contributed by atoms with van der Waals surface area (Å²) in [5, 5.41) is 10.2. The van der Waals surface area contributed by atoms with Crippen LogP contribution in [0.2, 0.25) is 0 Å². The van der Waals surface area contributed by atoms with Crippen LogP contribution in [-0.2, 0) is 0 Å². The van der Waals surface area contributed by atoms with Gasteiger partial charge in [-0.05, 0) is 17.9 Å². The van der Waals surface area contributed by atoms with Crippen molar-refractivity contribution in [3.63, 3.8) is 0 Å². The van der Waals surface area contributed by atoms with Crippen LogP contribution >= 0.6 is 11.3 Å². The van der Waals surface area contributed by atoms with Crippen molar-refractivity contribution in [3.05, 3.63) is 34.8 Å². The van der Waals surface area contributed by atoms with Gasteiger partial charge in [0.25, 0.3) is 5.91 Å². The number of carbonyl (C=O) groups is 1. The molecule has 3 heterocycles. The molecule has 17 heavy (non-hydrogen) atoms. The molecule has 0 spiro atoms. The normalized spacial score (nSPS) is 19.8. The molecule has 1 amide bonds. The monoisotopic (exact) mass is 248 g/mol. The molecule has 0 saturated carbocycles. The number of hydrogen-bond acceptors (Lipinski definition) is 4. The van der Waals surface area contributed by atoms with Gasteiger partial charge < -0.3 is 4.90 Å². The molecule has 2 aromatic heterocycles. The number of aromatic nitrogens is 3. The second-order valence-corrected chi connectivity index (χ2v) is 4.97. The highest BCUT2D eigenvalue weighted by atomic mass is 32.1. The molecule has 1 aliphatic rings. The minimum absolute atomic E-state index is 0.120. The third-order valence-corrected chi connectivity index (χ3v) is 3.80. The van der Waals surface area contributed by atoms with Gasteiger partial charge in [-0.1, -0.05) is 6.07 Å². The summed E-state index contributed by atoms with van der Waals surface area (Å²) in [5.74, 6) is 0.120. The van der Waals surface area contributed by atoms with Crippen molar-refractivity contribution in [2.45, 2.75) is 12.5 Å². The van der Waals surface area contributed by atoms with Crippen LogP contribution in [0.3, 0.4) is 0 Å². The van der Waals surface area contributed by atoms with Gasteiger partial charge in [-0.15, -0.1) is 11.3 Å². The zero-order chi connectivity index (χ0) is 11.7. The fourth-order valence-corrected chi connectivity index (χ4v) is 2.78. The van der Waals surface area contributed by atoms with Crippen molar-refractivity contribution in [1.82, 2.24) is 19.9 Å². The summed E-state index contributed by atoms with van der Waals surface area (Å²) in [6.07, 6.45) is 4.26. The molecule has 2 aromatic rings. The lowest BCUT2D eigenvalue weighted by atomic mass is 10.3. The van der Waals surface area contributed by atoms with Gasteiger partial charge >= 0.3 is 0 Å². The van der Waals surface area contributed by atoms with E-state index in [4.69, 9.17) is 0 Å². The van der Waals surface area contributed by atoms with Crippen molar-refractivity contribution in [2.24, 2.45) is 0 Å². The van der Waals surface area contributed by atoms with Gasteiger partial charge in [0.05, 0.1) is 23.3 Å². The summed E-state index contributed by atoms with van der Waals surface area (Å²) >= 11 is 1.49. The maximum Gasteiger partial charge on any atom is 0.263 e. The number of carbonyl (C=O) groups excluding carboxylic acids is 1. The van der Waals surface area contributed by atoms with Crippen LogP contribution in [0.5, 0.6) is 0 Å². The highest BCUT2D eigenvalue weighted by Crippen LogP contribution is 2.22. The Balaban J connectivity index is 1.70. The Morgan fingerprint density at radius 2 is 2.24 bits per heavy atom. The molecule has 0 N–H and O–H groups in total. The van der Waals surface area contributed by atoms with Crippen molar-refractivity contribution in [2.75, 3.05) is 13.1 Å². The van der Waals surface area contributed by atoms with Gasteiger partial charge in [-0.3, -0.25) is 4.79 Å². The molecule has 0 radical (unpaired) electrons. The molecule has 0 aromatic carbocycles. The topological polar surface area (TPSA) is 51.0 Å². The van der Waals surface area contributed by atoms with Crippen molar-refractivity contribution in [3.8, 4) is 0 Å². The summed E-state index contributed by atoms with van der Waals surface area (Å²) < 4.78 is 0. The first-order valence-corrected chi connectivity index (χ1v) is 6.41. The Hall–Kier alpha value is -1.69. The van der Waals surface area contributed by atoms with Gasteiger partial charge in [-0.2, -0.15) is 15.0 Å². The van der Waals surface area contributed by atoms with E-state index < -0.39 is 0 Å². The number of hydrogen-bond donors (Lipinski definition) is 0. The van der Waals surface area contributed by atoms with E-state index in [9.17, 15) is 4.79 Å². The molecule has 0 aliphatic carbocycles. The number of nitrogens with zero attached hydrogens (tertiary/aromatic N) is 4. The fraction of sp³-hybridized carbons (Fsp3) is 0.364. The molecular weight excluding hydrogens is 236 g/mol. The average molecular weight is 248 g/mol. The van der Waals surface area contributed by atoms with Crippen molar-refractivity contribution >= 4 is 17.2 Å². The average Bonchev–Trinajstić information content (AvgIpc) is 3.09. The van der Waals surface area contributed by atoms with Gasteiger partial charge in [0, 0.05) is 13.1 Å². The molecule has 1 fully saturated rings. The predicted octanol–water partition coefficient (Wildman–Crippen LogP) is 1.43. The van der Waals surface area contributed by atoms with Gasteiger partial charge in [0.2, 0.25) is 0 Å². The largest absolute Gasteiger partial charge is 0.336 e. The van der Waals surface area contributed by atoms with E-state index in [1.807, 2.05) is 22.4 Å². The van der Waals surface area contributed by atoms with Crippen LogP contribution in [0.1, 0.15) is 22.1 Å². The summed E-state index contributed by atoms with van der Waals surface area (Å²) in [4.78, 5) is 16.5. The SMILES string of the molecule is O=C(c1cccs1)N1CCC(n2nccn2)C1. The molecule has 6 heteroatoms.